The molecule has 0 heterocycles. The van der Waals surface area contributed by atoms with E-state index in [0.717, 1.165) is 0 Å². The SMILES string of the molecule is CC[SiH](CC)[Ti]([CH3])([CH3])([CH]1C(C)=Cc2ccccc21)[CH]1C(C)=Cc2ccccc21. The van der Waals surface area contributed by atoms with Gasteiger partial charge in [0.25, 0.3) is 0 Å². The van der Waals surface area contributed by atoms with Gasteiger partial charge in [0.2, 0.25) is 0 Å². The predicted molar refractivity (Wildman–Crippen MR) is 126 cm³/mol. The van der Waals surface area contributed by atoms with Crippen LogP contribution in [0.25, 0.3) is 12.2 Å². The number of hydrogen-bond acceptors (Lipinski definition) is 0. The molecule has 28 heavy (non-hydrogen) atoms. The summed E-state index contributed by atoms with van der Waals surface area (Å²) in [6, 6.07) is 21.4. The van der Waals surface area contributed by atoms with Crippen LogP contribution in [0.15, 0.2) is 59.7 Å². The molecule has 0 saturated heterocycles. The van der Waals surface area contributed by atoms with Crippen LogP contribution < -0.4 is 0 Å². The van der Waals surface area contributed by atoms with Crippen molar-refractivity contribution >= 4 is 18.8 Å². The summed E-state index contributed by atoms with van der Waals surface area (Å²) in [6.07, 6.45) is 5.01. The fourth-order valence-corrected chi connectivity index (χ4v) is 41.0. The molecule has 0 aromatic heterocycles. The maximum atomic E-state index is 2.86. The fraction of sp³-hybridized carbons (Fsp3) is 0.385. The van der Waals surface area contributed by atoms with Crippen LogP contribution in [0.3, 0.4) is 0 Å². The van der Waals surface area contributed by atoms with Crippen LogP contribution in [0.4, 0.5) is 0 Å². The zero-order valence-electron chi connectivity index (χ0n) is 18.4. The molecule has 0 aliphatic heterocycles. The van der Waals surface area contributed by atoms with Crippen molar-refractivity contribution in [3.8, 4) is 0 Å². The fourth-order valence-electron chi connectivity index (χ4n) is 7.59. The molecule has 2 unspecified atom stereocenters. The van der Waals surface area contributed by atoms with E-state index in [1.807, 2.05) is 0 Å². The van der Waals surface area contributed by atoms with Crippen molar-refractivity contribution in [1.29, 1.82) is 0 Å². The second kappa shape index (κ2) is 6.97. The third-order valence-corrected chi connectivity index (χ3v) is 39.7. The molecule has 147 valence electrons. The Morgan fingerprint density at radius 1 is 0.714 bits per heavy atom. The average Bonchev–Trinajstić information content (AvgIpc) is 3.18. The summed E-state index contributed by atoms with van der Waals surface area (Å²) in [5.41, 5.74) is 9.52. The van der Waals surface area contributed by atoms with Gasteiger partial charge in [0.15, 0.2) is 0 Å². The van der Waals surface area contributed by atoms with E-state index in [0.29, 0.717) is 8.45 Å². The molecule has 0 spiro atoms. The molecule has 0 amide bonds. The standard InChI is InChI=1S/2C10H9.C4H11Si.2CH3.Ti/c2*1-8-6-9-4-2-3-5-10(9)7-8;1-3-5-4-2;;;/h2*2-7H,1H3;5H,3-4H2,1-2H3;2*1H3;. The van der Waals surface area contributed by atoms with E-state index in [2.05, 4.69) is 98.8 Å². The molecule has 0 N–H and O–H groups in total. The third-order valence-electron chi connectivity index (χ3n) is 8.39. The van der Waals surface area contributed by atoms with Gasteiger partial charge in [-0.3, -0.25) is 0 Å². The van der Waals surface area contributed by atoms with Crippen molar-refractivity contribution in [3.05, 3.63) is 81.9 Å². The first-order valence-corrected chi connectivity index (χ1v) is 20.9. The summed E-state index contributed by atoms with van der Waals surface area (Å²) >= 11 is -3.07. The second-order valence-corrected chi connectivity index (χ2v) is 34.8. The van der Waals surface area contributed by atoms with Crippen LogP contribution >= 0.6 is 0 Å². The van der Waals surface area contributed by atoms with E-state index >= 15 is 0 Å². The summed E-state index contributed by atoms with van der Waals surface area (Å²) in [5, 5.41) is 5.71. The Labute approximate surface area is 173 Å². The topological polar surface area (TPSA) is 0 Å². The van der Waals surface area contributed by atoms with Crippen LogP contribution in [0.2, 0.25) is 22.5 Å². The Morgan fingerprint density at radius 2 is 1.11 bits per heavy atom. The van der Waals surface area contributed by atoms with E-state index in [4.69, 9.17) is 0 Å². The molecule has 2 aromatic rings. The van der Waals surface area contributed by atoms with Gasteiger partial charge in [-0.15, -0.1) is 0 Å². The Morgan fingerprint density at radius 3 is 1.50 bits per heavy atom. The van der Waals surface area contributed by atoms with Crippen molar-refractivity contribution in [2.75, 3.05) is 0 Å². The molecule has 2 aliphatic carbocycles. The number of hydrogen-bond donors (Lipinski definition) is 0. The minimum absolute atomic E-state index is 0.685. The molecule has 0 radical (unpaired) electrons. The summed E-state index contributed by atoms with van der Waals surface area (Å²) in [4.78, 5) is 0. The Balaban J connectivity index is 2.02. The summed E-state index contributed by atoms with van der Waals surface area (Å²) in [6.45, 7) is 8.92. The summed E-state index contributed by atoms with van der Waals surface area (Å²) < 4.78 is 1.37. The van der Waals surface area contributed by atoms with Gasteiger partial charge in [0, 0.05) is 0 Å². The van der Waals surface area contributed by atoms with Crippen molar-refractivity contribution in [2.45, 2.75) is 58.7 Å². The van der Waals surface area contributed by atoms with Crippen molar-refractivity contribution in [3.63, 3.8) is 0 Å². The quantitative estimate of drug-likeness (QED) is 0.430. The van der Waals surface area contributed by atoms with Gasteiger partial charge in [0.1, 0.15) is 0 Å². The zero-order chi connectivity index (χ0) is 20.1. The number of fused-ring (bicyclic) bond motifs is 2. The van der Waals surface area contributed by atoms with E-state index in [-0.39, 0.29) is 0 Å². The van der Waals surface area contributed by atoms with E-state index < -0.39 is 21.2 Å². The predicted octanol–water partition coefficient (Wildman–Crippen LogP) is 7.85. The third kappa shape index (κ3) is 2.66. The van der Waals surface area contributed by atoms with Crippen LogP contribution in [-0.2, 0) is 14.6 Å². The van der Waals surface area contributed by atoms with Crippen LogP contribution in [0.5, 0.6) is 0 Å². The van der Waals surface area contributed by atoms with E-state index in [9.17, 15) is 0 Å². The molecule has 2 heteroatoms. The monoisotopic (exact) mass is 423 g/mol. The molecule has 2 aromatic carbocycles. The molecule has 0 nitrogen and oxygen atoms in total. The van der Waals surface area contributed by atoms with Gasteiger partial charge >= 0.3 is 174 Å². The minimum atomic E-state index is -3.07. The van der Waals surface area contributed by atoms with Gasteiger partial charge in [-0.2, -0.15) is 0 Å². The van der Waals surface area contributed by atoms with E-state index in [1.54, 1.807) is 22.3 Å². The maximum absolute atomic E-state index is 3.07. The first kappa shape index (κ1) is 20.1. The van der Waals surface area contributed by atoms with Crippen molar-refractivity contribution < 1.29 is 14.6 Å². The Bertz CT molecular complexity index is 906. The second-order valence-electron chi connectivity index (χ2n) is 10.1. The van der Waals surface area contributed by atoms with Crippen LogP contribution in [0, 0.1) is 0 Å². The van der Waals surface area contributed by atoms with E-state index in [1.165, 1.54) is 23.2 Å². The van der Waals surface area contributed by atoms with Crippen LogP contribution in [-0.4, -0.2) is 6.66 Å². The molecule has 2 atom stereocenters. The number of benzene rings is 2. The number of rotatable bonds is 5. The van der Waals surface area contributed by atoms with Gasteiger partial charge < -0.3 is 0 Å². The van der Waals surface area contributed by atoms with Crippen molar-refractivity contribution in [1.82, 2.24) is 0 Å². The Kier molecular flexibility index (Phi) is 5.01. The summed E-state index contributed by atoms with van der Waals surface area (Å²) in [5.74, 6) is 0. The number of allylic oxidation sites excluding steroid dienone is 2. The van der Waals surface area contributed by atoms with Crippen molar-refractivity contribution in [2.24, 2.45) is 0 Å². The normalized spacial score (nSPS) is 22.3. The summed E-state index contributed by atoms with van der Waals surface area (Å²) in [7, 11) is 0. The molecule has 4 rings (SSSR count). The van der Waals surface area contributed by atoms with Gasteiger partial charge in [-0.1, -0.05) is 0 Å². The molecule has 0 fully saturated rings. The molecule has 0 bridgehead atoms. The molecular weight excluding hydrogens is 388 g/mol. The molecular formula is C26H35SiTi. The van der Waals surface area contributed by atoms with Gasteiger partial charge in [0.05, 0.1) is 0 Å². The van der Waals surface area contributed by atoms with Gasteiger partial charge in [-0.05, 0) is 0 Å². The zero-order valence-corrected chi connectivity index (χ0v) is 21.1. The molecule has 0 saturated carbocycles. The van der Waals surface area contributed by atoms with Gasteiger partial charge in [-0.25, -0.2) is 0 Å². The first-order chi connectivity index (χ1) is 13.3. The first-order valence-electron chi connectivity index (χ1n) is 11.1. The molecule has 2 aliphatic rings. The average molecular weight is 424 g/mol. The Hall–Kier alpha value is -1.15. The van der Waals surface area contributed by atoms with Crippen LogP contribution in [0.1, 0.15) is 58.4 Å².